The molecule has 2 aromatic rings. The van der Waals surface area contributed by atoms with Gasteiger partial charge >= 0.3 is 5.97 Å². The van der Waals surface area contributed by atoms with E-state index in [9.17, 15) is 9.59 Å². The van der Waals surface area contributed by atoms with Crippen molar-refractivity contribution in [2.45, 2.75) is 19.8 Å². The molecule has 142 valence electrons. The van der Waals surface area contributed by atoms with Crippen LogP contribution in [-0.4, -0.2) is 31.2 Å². The van der Waals surface area contributed by atoms with E-state index in [2.05, 4.69) is 15.7 Å². The van der Waals surface area contributed by atoms with Crippen LogP contribution in [0.4, 0.5) is 11.4 Å². The maximum Gasteiger partial charge on any atom is 0.306 e. The molecule has 0 saturated heterocycles. The van der Waals surface area contributed by atoms with Gasteiger partial charge in [-0.3, -0.25) is 9.59 Å². The van der Waals surface area contributed by atoms with E-state index >= 15 is 0 Å². The van der Waals surface area contributed by atoms with Gasteiger partial charge in [0.05, 0.1) is 18.8 Å². The molecule has 7 heteroatoms. The van der Waals surface area contributed by atoms with Gasteiger partial charge in [0.25, 0.3) is 0 Å². The molecule has 0 amide bonds. The molecule has 0 spiro atoms. The molecule has 0 unspecified atom stereocenters. The van der Waals surface area contributed by atoms with Gasteiger partial charge < -0.3 is 15.5 Å². The number of esters is 1. The molecular formula is C20H24N4O3. The summed E-state index contributed by atoms with van der Waals surface area (Å²) >= 11 is 0. The smallest absolute Gasteiger partial charge is 0.306 e. The molecule has 27 heavy (non-hydrogen) atoms. The van der Waals surface area contributed by atoms with Gasteiger partial charge in [0, 0.05) is 17.7 Å². The number of aliphatic imine (C=N–C) groups is 1. The van der Waals surface area contributed by atoms with Crippen LogP contribution in [0, 0.1) is 0 Å². The first kappa shape index (κ1) is 20.1. The number of carbonyl (C=O) groups excluding carboxylic acids is 2. The van der Waals surface area contributed by atoms with Crippen LogP contribution in [0.15, 0.2) is 53.5 Å². The van der Waals surface area contributed by atoms with E-state index in [1.165, 1.54) is 6.34 Å². The predicted octanol–water partition coefficient (Wildman–Crippen LogP) is 2.60. The number of carbonyl (C=O) groups is 2. The fourth-order valence-corrected chi connectivity index (χ4v) is 2.42. The number of anilines is 1. The summed E-state index contributed by atoms with van der Waals surface area (Å²) in [6, 6.07) is 14.7. The van der Waals surface area contributed by atoms with Crippen molar-refractivity contribution in [3.63, 3.8) is 0 Å². The van der Waals surface area contributed by atoms with E-state index in [-0.39, 0.29) is 18.3 Å². The second kappa shape index (κ2) is 10.7. The Morgan fingerprint density at radius 1 is 1.19 bits per heavy atom. The lowest BCUT2D eigenvalue weighted by atomic mass is 10.1. The van der Waals surface area contributed by atoms with Crippen molar-refractivity contribution in [1.82, 2.24) is 5.43 Å². The third-order valence-corrected chi connectivity index (χ3v) is 3.79. The molecule has 0 heterocycles. The lowest BCUT2D eigenvalue weighted by Gasteiger charge is -2.08. The molecular weight excluding hydrogens is 344 g/mol. The highest BCUT2D eigenvalue weighted by Crippen LogP contribution is 2.15. The predicted molar refractivity (Wildman–Crippen MR) is 106 cm³/mol. The monoisotopic (exact) mass is 368 g/mol. The van der Waals surface area contributed by atoms with Crippen LogP contribution < -0.4 is 16.6 Å². The Labute approximate surface area is 158 Å². The quantitative estimate of drug-likeness (QED) is 0.149. The summed E-state index contributed by atoms with van der Waals surface area (Å²) in [7, 11) is 0. The van der Waals surface area contributed by atoms with E-state index in [4.69, 9.17) is 10.6 Å². The molecule has 0 saturated carbocycles. The molecule has 0 fully saturated rings. The number of nitrogens with one attached hydrogen (secondary N) is 2. The number of aryl methyl sites for hydroxylation is 1. The number of Topliss-reactive ketones (excluding diaryl/α,β-unsaturated/α-hetero) is 1. The van der Waals surface area contributed by atoms with Gasteiger partial charge in [-0.15, -0.1) is 0 Å². The zero-order valence-electron chi connectivity index (χ0n) is 15.3. The average molecular weight is 368 g/mol. The Hall–Kier alpha value is -3.19. The Kier molecular flexibility index (Phi) is 7.99. The van der Waals surface area contributed by atoms with Crippen LogP contribution in [0.5, 0.6) is 0 Å². The minimum absolute atomic E-state index is 0.0425. The molecule has 2 rings (SSSR count). The number of benzene rings is 2. The number of nitrogens with two attached hydrogens (primary N) is 1. The summed E-state index contributed by atoms with van der Waals surface area (Å²) in [6.45, 7) is 2.36. The van der Waals surface area contributed by atoms with Crippen LogP contribution in [0.2, 0.25) is 0 Å². The van der Waals surface area contributed by atoms with Crippen LogP contribution >= 0.6 is 0 Å². The van der Waals surface area contributed by atoms with Crippen molar-refractivity contribution in [3.05, 3.63) is 59.7 Å². The number of rotatable bonds is 10. The van der Waals surface area contributed by atoms with Gasteiger partial charge in [-0.2, -0.15) is 0 Å². The molecule has 0 aromatic heterocycles. The number of hydrazine groups is 1. The van der Waals surface area contributed by atoms with E-state index in [0.717, 1.165) is 11.3 Å². The van der Waals surface area contributed by atoms with Crippen molar-refractivity contribution in [2.24, 2.45) is 10.8 Å². The number of hydrogen-bond acceptors (Lipinski definition) is 6. The van der Waals surface area contributed by atoms with Crippen LogP contribution in [0.1, 0.15) is 29.3 Å². The molecule has 0 aliphatic heterocycles. The molecule has 2 aromatic carbocycles. The van der Waals surface area contributed by atoms with Gasteiger partial charge in [0.15, 0.2) is 5.78 Å². The van der Waals surface area contributed by atoms with E-state index in [1.807, 2.05) is 24.3 Å². The summed E-state index contributed by atoms with van der Waals surface area (Å²) in [4.78, 5) is 27.8. The number of ether oxygens (including phenoxy) is 1. The molecule has 7 nitrogen and oxygen atoms in total. The summed E-state index contributed by atoms with van der Waals surface area (Å²) < 4.78 is 4.92. The average Bonchev–Trinajstić information content (AvgIpc) is 2.70. The third-order valence-electron chi connectivity index (χ3n) is 3.79. The van der Waals surface area contributed by atoms with Gasteiger partial charge in [0.1, 0.15) is 6.34 Å². The number of ketones is 1. The second-order valence-electron chi connectivity index (χ2n) is 5.75. The minimum atomic E-state index is -0.195. The summed E-state index contributed by atoms with van der Waals surface area (Å²) in [6.07, 6.45) is 2.34. The summed E-state index contributed by atoms with van der Waals surface area (Å²) in [5.74, 6) is 4.91. The molecule has 0 aliphatic carbocycles. The molecule has 4 N–H and O–H groups in total. The molecule has 0 atom stereocenters. The maximum atomic E-state index is 12.3. The molecule has 0 radical (unpaired) electrons. The molecule has 0 bridgehead atoms. The fourth-order valence-electron chi connectivity index (χ4n) is 2.42. The minimum Gasteiger partial charge on any atom is -0.466 e. The highest BCUT2D eigenvalue weighted by Gasteiger charge is 2.07. The van der Waals surface area contributed by atoms with Crippen molar-refractivity contribution >= 4 is 29.5 Å². The largest absolute Gasteiger partial charge is 0.466 e. The Morgan fingerprint density at radius 2 is 1.96 bits per heavy atom. The van der Waals surface area contributed by atoms with Gasteiger partial charge in [0.2, 0.25) is 0 Å². The first-order valence-corrected chi connectivity index (χ1v) is 8.72. The third kappa shape index (κ3) is 6.91. The topological polar surface area (TPSA) is 106 Å². The first-order chi connectivity index (χ1) is 13.1. The van der Waals surface area contributed by atoms with Crippen LogP contribution in [-0.2, 0) is 16.0 Å². The Morgan fingerprint density at radius 3 is 2.67 bits per heavy atom. The summed E-state index contributed by atoms with van der Waals surface area (Å²) in [5, 5.41) is 3.11. The van der Waals surface area contributed by atoms with E-state index in [0.29, 0.717) is 30.7 Å². The van der Waals surface area contributed by atoms with Gasteiger partial charge in [-0.05, 0) is 43.2 Å². The van der Waals surface area contributed by atoms with Gasteiger partial charge in [-0.1, -0.05) is 24.3 Å². The van der Waals surface area contributed by atoms with Crippen molar-refractivity contribution in [1.29, 1.82) is 0 Å². The Bertz CT molecular complexity index is 788. The lowest BCUT2D eigenvalue weighted by Crippen LogP contribution is -2.18. The normalized spacial score (nSPS) is 10.6. The highest BCUT2D eigenvalue weighted by molar-refractivity contribution is 5.99. The number of hydrogen-bond donors (Lipinski definition) is 3. The maximum absolute atomic E-state index is 12.3. The fraction of sp³-hybridized carbons (Fsp3) is 0.250. The molecule has 0 aliphatic rings. The second-order valence-corrected chi connectivity index (χ2v) is 5.75. The lowest BCUT2D eigenvalue weighted by molar-refractivity contribution is -0.143. The SMILES string of the molecule is CCOC(=O)CCc1ccc(NCC(=O)c2cccc(N=CNN)c2)cc1. The highest BCUT2D eigenvalue weighted by atomic mass is 16.5. The summed E-state index contributed by atoms with van der Waals surface area (Å²) in [5.41, 5.74) is 5.41. The van der Waals surface area contributed by atoms with Crippen LogP contribution in [0.3, 0.4) is 0 Å². The van der Waals surface area contributed by atoms with Crippen molar-refractivity contribution in [3.8, 4) is 0 Å². The van der Waals surface area contributed by atoms with Crippen molar-refractivity contribution in [2.75, 3.05) is 18.5 Å². The Balaban J connectivity index is 1.86. The van der Waals surface area contributed by atoms with Gasteiger partial charge in [-0.25, -0.2) is 10.8 Å². The zero-order valence-corrected chi connectivity index (χ0v) is 15.3. The van der Waals surface area contributed by atoms with Crippen LogP contribution in [0.25, 0.3) is 0 Å². The van der Waals surface area contributed by atoms with E-state index in [1.54, 1.807) is 31.2 Å². The number of nitrogens with zero attached hydrogens (tertiary/aromatic N) is 1. The zero-order chi connectivity index (χ0) is 19.5. The van der Waals surface area contributed by atoms with Crippen molar-refractivity contribution < 1.29 is 14.3 Å². The van der Waals surface area contributed by atoms with E-state index < -0.39 is 0 Å². The standard InChI is InChI=1S/C20H24N4O3/c1-2-27-20(26)11-8-15-6-9-17(10-7-15)22-13-19(25)16-4-3-5-18(12-16)23-14-24-21/h3-7,9-10,12,14,22H,2,8,11,13,21H2,1H3,(H,23,24). The first-order valence-electron chi connectivity index (χ1n) is 8.72.